The van der Waals surface area contributed by atoms with Crippen LogP contribution in [0.1, 0.15) is 29.3 Å². The van der Waals surface area contributed by atoms with Crippen molar-refractivity contribution in [2.24, 2.45) is 5.41 Å². The molecular formula is C29H29N5O3. The van der Waals surface area contributed by atoms with Crippen LogP contribution in [0.5, 0.6) is 11.5 Å². The number of benzene rings is 2. The highest BCUT2D eigenvalue weighted by molar-refractivity contribution is 6.09. The van der Waals surface area contributed by atoms with Crippen molar-refractivity contribution in [3.63, 3.8) is 0 Å². The second-order valence-corrected chi connectivity index (χ2v) is 10.2. The number of aryl methyl sites for hydroxylation is 1. The van der Waals surface area contributed by atoms with Crippen LogP contribution in [0.3, 0.4) is 0 Å². The fraction of sp³-hybridized carbons (Fsp3) is 0.345. The van der Waals surface area contributed by atoms with E-state index in [4.69, 9.17) is 9.47 Å². The number of fused-ring (bicyclic) bond motifs is 1. The van der Waals surface area contributed by atoms with Crippen molar-refractivity contribution >= 4 is 17.3 Å². The number of amides is 1. The molecule has 1 spiro atoms. The summed E-state index contributed by atoms with van der Waals surface area (Å²) in [5.41, 5.74) is 3.90. The van der Waals surface area contributed by atoms with Gasteiger partial charge in [-0.25, -0.2) is 0 Å². The molecule has 3 aliphatic heterocycles. The number of pyridine rings is 1. The van der Waals surface area contributed by atoms with Crippen LogP contribution >= 0.6 is 0 Å². The number of methoxy groups -OCH3 is 1. The van der Waals surface area contributed by atoms with Crippen molar-refractivity contribution in [1.82, 2.24) is 9.88 Å². The first-order chi connectivity index (χ1) is 17.9. The lowest BCUT2D eigenvalue weighted by Crippen LogP contribution is -2.76. The Balaban J connectivity index is 1.41. The number of carbonyl (C=O) groups is 1. The summed E-state index contributed by atoms with van der Waals surface area (Å²) in [6.07, 6.45) is 1.85. The van der Waals surface area contributed by atoms with Gasteiger partial charge in [0.1, 0.15) is 11.5 Å². The second kappa shape index (κ2) is 8.49. The van der Waals surface area contributed by atoms with Crippen LogP contribution < -0.4 is 19.7 Å². The van der Waals surface area contributed by atoms with Gasteiger partial charge in [-0.1, -0.05) is 0 Å². The molecule has 2 fully saturated rings. The van der Waals surface area contributed by atoms with Crippen LogP contribution in [0, 0.1) is 23.7 Å². The third kappa shape index (κ3) is 3.45. The van der Waals surface area contributed by atoms with E-state index in [9.17, 15) is 10.1 Å². The van der Waals surface area contributed by atoms with E-state index in [-0.39, 0.29) is 11.3 Å². The van der Waals surface area contributed by atoms with Gasteiger partial charge in [-0.05, 0) is 62.4 Å². The molecule has 8 heteroatoms. The zero-order chi connectivity index (χ0) is 25.8. The number of carbonyl (C=O) groups excluding carboxylic acids is 1. The van der Waals surface area contributed by atoms with Gasteiger partial charge in [-0.15, -0.1) is 0 Å². The van der Waals surface area contributed by atoms with Gasteiger partial charge in [0.15, 0.2) is 5.54 Å². The van der Waals surface area contributed by atoms with Crippen LogP contribution in [0.2, 0.25) is 0 Å². The smallest absolute Gasteiger partial charge is 0.254 e. The molecule has 37 heavy (non-hydrogen) atoms. The van der Waals surface area contributed by atoms with Gasteiger partial charge >= 0.3 is 0 Å². The SMILES string of the molecule is CCOc1ccc(OC)cc1C1(N2CC3(CN(c4ccnc(C)c4)C3)C2)C(=O)Nc2ccc(C#N)cc21. The first-order valence-corrected chi connectivity index (χ1v) is 12.5. The zero-order valence-corrected chi connectivity index (χ0v) is 21.2. The minimum absolute atomic E-state index is 0.102. The Hall–Kier alpha value is -4.09. The lowest BCUT2D eigenvalue weighted by atomic mass is 9.67. The Morgan fingerprint density at radius 2 is 1.89 bits per heavy atom. The predicted molar refractivity (Wildman–Crippen MR) is 140 cm³/mol. The Bertz CT molecular complexity index is 1430. The standard InChI is InChI=1S/C29H29N5O3/c1-4-37-26-8-6-22(36-3)13-24(26)29(23-12-20(14-30)5-7-25(23)32-27(29)35)34-17-28(18-34)15-33(16-28)21-9-10-31-19(2)11-21/h5-13H,4,15-18H2,1-3H3,(H,32,35). The number of ether oxygens (including phenoxy) is 2. The number of nitrogens with one attached hydrogen (secondary N) is 1. The zero-order valence-electron chi connectivity index (χ0n) is 21.2. The summed E-state index contributed by atoms with van der Waals surface area (Å²) in [5.74, 6) is 1.15. The molecule has 188 valence electrons. The maximum Gasteiger partial charge on any atom is 0.254 e. The number of nitrogens with zero attached hydrogens (tertiary/aromatic N) is 4. The second-order valence-electron chi connectivity index (χ2n) is 10.2. The number of rotatable bonds is 6. The van der Waals surface area contributed by atoms with E-state index in [0.717, 1.165) is 48.7 Å². The van der Waals surface area contributed by atoms with Gasteiger partial charge in [0, 0.05) is 66.0 Å². The summed E-state index contributed by atoms with van der Waals surface area (Å²) in [5, 5.41) is 12.8. The molecule has 2 aromatic carbocycles. The highest BCUT2D eigenvalue weighted by Crippen LogP contribution is 2.55. The normalized spacial score (nSPS) is 21.5. The van der Waals surface area contributed by atoms with Crippen molar-refractivity contribution in [2.75, 3.05) is 50.1 Å². The van der Waals surface area contributed by atoms with Crippen LogP contribution in [0.4, 0.5) is 11.4 Å². The van der Waals surface area contributed by atoms with Crippen LogP contribution in [0.25, 0.3) is 0 Å². The van der Waals surface area contributed by atoms with Crippen molar-refractivity contribution in [2.45, 2.75) is 19.4 Å². The highest BCUT2D eigenvalue weighted by atomic mass is 16.5. The molecule has 0 bridgehead atoms. The third-order valence-corrected chi connectivity index (χ3v) is 7.82. The number of likely N-dealkylation sites (tertiary alicyclic amines) is 1. The van der Waals surface area contributed by atoms with Gasteiger partial charge in [-0.3, -0.25) is 14.7 Å². The van der Waals surface area contributed by atoms with Crippen molar-refractivity contribution < 1.29 is 14.3 Å². The van der Waals surface area contributed by atoms with E-state index in [1.54, 1.807) is 13.2 Å². The molecule has 0 radical (unpaired) electrons. The summed E-state index contributed by atoms with van der Waals surface area (Å²) in [7, 11) is 1.62. The van der Waals surface area contributed by atoms with E-state index in [1.807, 2.05) is 56.4 Å². The van der Waals surface area contributed by atoms with Gasteiger partial charge < -0.3 is 19.7 Å². The first-order valence-electron chi connectivity index (χ1n) is 12.5. The van der Waals surface area contributed by atoms with Gasteiger partial charge in [0.2, 0.25) is 0 Å². The maximum absolute atomic E-state index is 14.0. The van der Waals surface area contributed by atoms with Crippen molar-refractivity contribution in [3.05, 3.63) is 77.1 Å². The average molecular weight is 496 g/mol. The maximum atomic E-state index is 14.0. The molecule has 3 aliphatic rings. The molecule has 6 rings (SSSR count). The molecule has 2 saturated heterocycles. The van der Waals surface area contributed by atoms with E-state index >= 15 is 0 Å². The number of nitriles is 1. The third-order valence-electron chi connectivity index (χ3n) is 7.82. The van der Waals surface area contributed by atoms with Gasteiger partial charge in [-0.2, -0.15) is 5.26 Å². The quantitative estimate of drug-likeness (QED) is 0.558. The number of hydrogen-bond donors (Lipinski definition) is 1. The molecule has 8 nitrogen and oxygen atoms in total. The van der Waals surface area contributed by atoms with Crippen molar-refractivity contribution in [1.29, 1.82) is 5.26 Å². The van der Waals surface area contributed by atoms with E-state index in [1.165, 1.54) is 5.69 Å². The van der Waals surface area contributed by atoms with E-state index < -0.39 is 5.54 Å². The van der Waals surface area contributed by atoms with Gasteiger partial charge in [0.05, 0.1) is 25.3 Å². The molecule has 0 aliphatic carbocycles. The summed E-state index contributed by atoms with van der Waals surface area (Å²) in [4.78, 5) is 23.0. The van der Waals surface area contributed by atoms with Crippen LogP contribution in [-0.2, 0) is 10.3 Å². The Morgan fingerprint density at radius 1 is 1.08 bits per heavy atom. The number of anilines is 2. The Labute approximate surface area is 216 Å². The summed E-state index contributed by atoms with van der Waals surface area (Å²) in [6.45, 7) is 7.74. The molecule has 1 amide bonds. The highest BCUT2D eigenvalue weighted by Gasteiger charge is 2.63. The molecule has 1 aromatic heterocycles. The molecule has 0 saturated carbocycles. The Kier molecular flexibility index (Phi) is 5.35. The van der Waals surface area contributed by atoms with Crippen molar-refractivity contribution in [3.8, 4) is 17.6 Å². The van der Waals surface area contributed by atoms with Gasteiger partial charge in [0.25, 0.3) is 5.91 Å². The fourth-order valence-corrected chi connectivity index (χ4v) is 6.18. The number of aromatic nitrogens is 1. The fourth-order valence-electron chi connectivity index (χ4n) is 6.18. The largest absolute Gasteiger partial charge is 0.497 e. The summed E-state index contributed by atoms with van der Waals surface area (Å²) >= 11 is 0. The average Bonchev–Trinajstić information content (AvgIpc) is 3.14. The lowest BCUT2D eigenvalue weighted by Gasteiger charge is -2.64. The van der Waals surface area contributed by atoms with E-state index in [2.05, 4.69) is 32.2 Å². The molecule has 3 aromatic rings. The lowest BCUT2D eigenvalue weighted by molar-refractivity contribution is -0.137. The summed E-state index contributed by atoms with van der Waals surface area (Å²) in [6, 6.07) is 17.4. The number of hydrogen-bond acceptors (Lipinski definition) is 7. The van der Waals surface area contributed by atoms with E-state index in [0.29, 0.717) is 23.7 Å². The summed E-state index contributed by atoms with van der Waals surface area (Å²) < 4.78 is 11.6. The molecule has 4 heterocycles. The molecule has 1 N–H and O–H groups in total. The molecule has 1 atom stereocenters. The topological polar surface area (TPSA) is 90.7 Å². The molecular weight excluding hydrogens is 466 g/mol. The monoisotopic (exact) mass is 495 g/mol. The van der Waals surface area contributed by atoms with Crippen LogP contribution in [-0.4, -0.2) is 55.7 Å². The molecule has 1 unspecified atom stereocenters. The van der Waals surface area contributed by atoms with Crippen LogP contribution in [0.15, 0.2) is 54.7 Å². The predicted octanol–water partition coefficient (Wildman–Crippen LogP) is 3.69. The minimum Gasteiger partial charge on any atom is -0.497 e. The first kappa shape index (κ1) is 23.3. The Morgan fingerprint density at radius 3 is 2.59 bits per heavy atom. The minimum atomic E-state index is -1.12.